The van der Waals surface area contributed by atoms with Crippen LogP contribution < -0.4 is 0 Å². The van der Waals surface area contributed by atoms with E-state index in [1.54, 1.807) is 6.07 Å². The van der Waals surface area contributed by atoms with Gasteiger partial charge in [0.1, 0.15) is 0 Å². The van der Waals surface area contributed by atoms with Gasteiger partial charge in [-0.05, 0) is 24.5 Å². The maximum absolute atomic E-state index is 10.7. The van der Waals surface area contributed by atoms with E-state index in [1.807, 2.05) is 13.8 Å². The summed E-state index contributed by atoms with van der Waals surface area (Å²) in [5, 5.41) is 10.7. The van der Waals surface area contributed by atoms with Crippen molar-refractivity contribution in [3.8, 4) is 0 Å². The number of nitro groups is 1. The monoisotopic (exact) mass is 210 g/mol. The SMILES string of the molecule is CCc1c([S])ccc([N+](=O)[O-])c1CC. The Morgan fingerprint density at radius 3 is 2.29 bits per heavy atom. The Morgan fingerprint density at radius 2 is 1.86 bits per heavy atom. The first-order valence-corrected chi connectivity index (χ1v) is 4.98. The van der Waals surface area contributed by atoms with E-state index in [1.165, 1.54) is 6.07 Å². The quantitative estimate of drug-likeness (QED) is 0.567. The van der Waals surface area contributed by atoms with Gasteiger partial charge in [0.25, 0.3) is 5.69 Å². The van der Waals surface area contributed by atoms with Crippen LogP contribution in [0.15, 0.2) is 17.0 Å². The summed E-state index contributed by atoms with van der Waals surface area (Å²) in [6.45, 7) is 3.88. The molecule has 0 saturated heterocycles. The average Bonchev–Trinajstić information content (AvgIpc) is 2.16. The first kappa shape index (κ1) is 10.9. The van der Waals surface area contributed by atoms with Crippen LogP contribution in [0.25, 0.3) is 0 Å². The molecule has 1 aromatic rings. The molecule has 0 bridgehead atoms. The molecule has 14 heavy (non-hydrogen) atoms. The van der Waals surface area contributed by atoms with Crippen molar-refractivity contribution in [2.45, 2.75) is 31.6 Å². The topological polar surface area (TPSA) is 43.1 Å². The second kappa shape index (κ2) is 4.37. The minimum Gasteiger partial charge on any atom is -0.258 e. The number of hydrogen-bond acceptors (Lipinski definition) is 2. The third kappa shape index (κ3) is 1.85. The van der Waals surface area contributed by atoms with Crippen molar-refractivity contribution >= 4 is 18.3 Å². The first-order chi connectivity index (χ1) is 6.61. The van der Waals surface area contributed by atoms with Gasteiger partial charge in [-0.1, -0.05) is 26.5 Å². The lowest BCUT2D eigenvalue weighted by Gasteiger charge is -2.08. The van der Waals surface area contributed by atoms with E-state index in [4.69, 9.17) is 12.6 Å². The molecule has 1 radical (unpaired) electrons. The number of nitro benzene ring substituents is 1. The molecular formula is C10H12NO2S. The smallest absolute Gasteiger partial charge is 0.258 e. The van der Waals surface area contributed by atoms with E-state index in [9.17, 15) is 10.1 Å². The molecule has 0 amide bonds. The fraction of sp³-hybridized carbons (Fsp3) is 0.400. The summed E-state index contributed by atoms with van der Waals surface area (Å²) in [4.78, 5) is 11.1. The second-order valence-electron chi connectivity index (χ2n) is 3.00. The number of hydrogen-bond donors (Lipinski definition) is 0. The Morgan fingerprint density at radius 1 is 1.29 bits per heavy atom. The molecule has 0 aliphatic carbocycles. The lowest BCUT2D eigenvalue weighted by Crippen LogP contribution is -1.99. The third-order valence-corrected chi connectivity index (χ3v) is 2.65. The van der Waals surface area contributed by atoms with Gasteiger partial charge in [-0.25, -0.2) is 0 Å². The highest BCUT2D eigenvalue weighted by Crippen LogP contribution is 2.28. The molecule has 3 nitrogen and oxygen atoms in total. The van der Waals surface area contributed by atoms with Gasteiger partial charge in [-0.2, -0.15) is 0 Å². The standard InChI is InChI=1S/C10H12NO2S/c1-3-7-8(4-2)10(14)6-5-9(7)11(12)13/h5-6H,3-4H2,1-2H3. The van der Waals surface area contributed by atoms with Crippen LogP contribution in [0, 0.1) is 10.1 Å². The van der Waals surface area contributed by atoms with Crippen molar-refractivity contribution in [3.63, 3.8) is 0 Å². The van der Waals surface area contributed by atoms with Crippen LogP contribution >= 0.6 is 12.6 Å². The van der Waals surface area contributed by atoms with Gasteiger partial charge in [-0.3, -0.25) is 10.1 Å². The van der Waals surface area contributed by atoms with E-state index in [2.05, 4.69) is 0 Å². The van der Waals surface area contributed by atoms with Gasteiger partial charge in [0.05, 0.1) is 4.92 Å². The minimum atomic E-state index is -0.341. The highest BCUT2D eigenvalue weighted by Gasteiger charge is 2.17. The minimum absolute atomic E-state index is 0.193. The van der Waals surface area contributed by atoms with Crippen molar-refractivity contribution in [3.05, 3.63) is 33.4 Å². The summed E-state index contributed by atoms with van der Waals surface area (Å²) in [5.41, 5.74) is 1.92. The van der Waals surface area contributed by atoms with Gasteiger partial charge < -0.3 is 0 Å². The highest BCUT2D eigenvalue weighted by atomic mass is 32.1. The number of benzene rings is 1. The number of nitrogens with zero attached hydrogens (tertiary/aromatic N) is 1. The average molecular weight is 210 g/mol. The maximum atomic E-state index is 10.7. The van der Waals surface area contributed by atoms with Crippen LogP contribution in [0.5, 0.6) is 0 Å². The molecule has 1 aromatic carbocycles. The van der Waals surface area contributed by atoms with E-state index in [0.29, 0.717) is 6.42 Å². The molecule has 1 rings (SSSR count). The Bertz CT molecular complexity index is 363. The normalized spacial score (nSPS) is 10.1. The first-order valence-electron chi connectivity index (χ1n) is 4.57. The molecule has 4 heteroatoms. The van der Waals surface area contributed by atoms with Crippen molar-refractivity contribution in [2.24, 2.45) is 0 Å². The van der Waals surface area contributed by atoms with Crippen LogP contribution in [-0.2, 0) is 12.8 Å². The Kier molecular flexibility index (Phi) is 3.41. The zero-order valence-electron chi connectivity index (χ0n) is 8.24. The molecule has 0 fully saturated rings. The zero-order valence-corrected chi connectivity index (χ0v) is 9.06. The fourth-order valence-electron chi connectivity index (χ4n) is 1.61. The van der Waals surface area contributed by atoms with Gasteiger partial charge in [0, 0.05) is 16.5 Å². The summed E-state index contributed by atoms with van der Waals surface area (Å²) in [5.74, 6) is 0. The van der Waals surface area contributed by atoms with E-state index in [0.717, 1.165) is 22.4 Å². The lowest BCUT2D eigenvalue weighted by molar-refractivity contribution is -0.385. The molecule has 0 atom stereocenters. The number of rotatable bonds is 3. The van der Waals surface area contributed by atoms with E-state index in [-0.39, 0.29) is 10.6 Å². The zero-order chi connectivity index (χ0) is 10.7. The van der Waals surface area contributed by atoms with Crippen molar-refractivity contribution in [1.29, 1.82) is 0 Å². The molecule has 0 aliphatic heterocycles. The van der Waals surface area contributed by atoms with Crippen LogP contribution in [0.4, 0.5) is 5.69 Å². The van der Waals surface area contributed by atoms with Crippen molar-refractivity contribution in [2.75, 3.05) is 0 Å². The Hall–Kier alpha value is -1.16. The summed E-state index contributed by atoms with van der Waals surface area (Å²) in [7, 11) is 0. The molecule has 0 saturated carbocycles. The summed E-state index contributed by atoms with van der Waals surface area (Å²) in [6, 6.07) is 3.14. The van der Waals surface area contributed by atoms with Crippen LogP contribution in [0.1, 0.15) is 25.0 Å². The summed E-state index contributed by atoms with van der Waals surface area (Å²) < 4.78 is 0. The molecule has 0 unspecified atom stereocenters. The molecule has 0 heterocycles. The maximum Gasteiger partial charge on any atom is 0.272 e. The largest absolute Gasteiger partial charge is 0.272 e. The van der Waals surface area contributed by atoms with Crippen molar-refractivity contribution in [1.82, 2.24) is 0 Å². The second-order valence-corrected chi connectivity index (χ2v) is 3.44. The summed E-state index contributed by atoms with van der Waals surface area (Å²) in [6.07, 6.45) is 1.41. The van der Waals surface area contributed by atoms with Gasteiger partial charge >= 0.3 is 0 Å². The molecule has 0 spiro atoms. The molecule has 0 N–H and O–H groups in total. The summed E-state index contributed by atoms with van der Waals surface area (Å²) >= 11 is 5.13. The molecule has 0 aliphatic rings. The molecular weight excluding hydrogens is 198 g/mol. The van der Waals surface area contributed by atoms with Gasteiger partial charge in [-0.15, -0.1) is 0 Å². The van der Waals surface area contributed by atoms with E-state index < -0.39 is 0 Å². The van der Waals surface area contributed by atoms with Crippen LogP contribution in [0.3, 0.4) is 0 Å². The Balaban J connectivity index is 3.40. The van der Waals surface area contributed by atoms with E-state index >= 15 is 0 Å². The third-order valence-electron chi connectivity index (χ3n) is 2.27. The molecule has 75 valence electrons. The van der Waals surface area contributed by atoms with Crippen LogP contribution in [0.2, 0.25) is 0 Å². The predicted molar refractivity (Wildman–Crippen MR) is 57.7 cm³/mol. The van der Waals surface area contributed by atoms with Gasteiger partial charge in [0.15, 0.2) is 0 Å². The molecule has 0 aromatic heterocycles. The lowest BCUT2D eigenvalue weighted by atomic mass is 10.0. The van der Waals surface area contributed by atoms with Gasteiger partial charge in [0.2, 0.25) is 0 Å². The Labute approximate surface area is 88.7 Å². The van der Waals surface area contributed by atoms with Crippen molar-refractivity contribution < 1.29 is 4.92 Å². The van der Waals surface area contributed by atoms with Crippen LogP contribution in [-0.4, -0.2) is 4.92 Å². The fourth-order valence-corrected chi connectivity index (χ4v) is 1.95. The highest BCUT2D eigenvalue weighted by molar-refractivity contribution is 7.80. The predicted octanol–water partition coefficient (Wildman–Crippen LogP) is 3.28.